The van der Waals surface area contributed by atoms with Crippen molar-refractivity contribution in [3.05, 3.63) is 64.8 Å². The van der Waals surface area contributed by atoms with E-state index in [1.807, 2.05) is 53.0 Å². The number of morpholine rings is 1. The predicted molar refractivity (Wildman–Crippen MR) is 181 cm³/mol. The number of nitrogens with one attached hydrogen (secondary N) is 1. The second-order valence-electron chi connectivity index (χ2n) is 13.6. The number of ether oxygens (including phenoxy) is 2. The standard InChI is InChI=1S/C36H45ClN4O6/c1-22-17-40(18-23(2)47-22)26-16-27(21-46-28-11-9-25(10-12-28)36(44)45)41(19-26)34(42)15-24-8-13-32(31(37)14-24)38-35(43)30-20-39(3)33-7-5-4-6-29(30)33/h4-8,13-14,20,22-23,25-28H,9-12,15-19,21H2,1-3H3,(H,38,43)(H,44,45)/t22-,23+,25?,26-,27-,28?/m0/s1. The van der Waals surface area contributed by atoms with Crippen LogP contribution in [0, 0.1) is 5.92 Å². The second-order valence-corrected chi connectivity index (χ2v) is 14.0. The number of carbonyl (C=O) groups excluding carboxylic acids is 2. The topological polar surface area (TPSA) is 113 Å². The number of benzene rings is 2. The monoisotopic (exact) mass is 664 g/mol. The molecular weight excluding hydrogens is 620 g/mol. The van der Waals surface area contributed by atoms with Crippen LogP contribution in [0.15, 0.2) is 48.7 Å². The van der Waals surface area contributed by atoms with Crippen molar-refractivity contribution in [1.29, 1.82) is 0 Å². The van der Waals surface area contributed by atoms with Crippen LogP contribution in [-0.2, 0) is 32.5 Å². The number of fused-ring (bicyclic) bond motifs is 1. The molecule has 0 bridgehead atoms. The van der Waals surface area contributed by atoms with Gasteiger partial charge in [-0.05, 0) is 69.7 Å². The summed E-state index contributed by atoms with van der Waals surface area (Å²) in [6.45, 7) is 6.88. The van der Waals surface area contributed by atoms with Crippen LogP contribution in [0.3, 0.4) is 0 Å². The first-order valence-electron chi connectivity index (χ1n) is 16.7. The van der Waals surface area contributed by atoms with E-state index < -0.39 is 5.97 Å². The molecule has 3 fully saturated rings. The maximum Gasteiger partial charge on any atom is 0.306 e. The van der Waals surface area contributed by atoms with Gasteiger partial charge in [0.1, 0.15) is 0 Å². The number of carboxylic acid groups (broad SMARTS) is 1. The molecule has 1 aliphatic carbocycles. The van der Waals surface area contributed by atoms with E-state index in [4.69, 9.17) is 21.1 Å². The zero-order chi connectivity index (χ0) is 33.2. The van der Waals surface area contributed by atoms with Crippen molar-refractivity contribution in [2.75, 3.05) is 31.6 Å². The van der Waals surface area contributed by atoms with Crippen molar-refractivity contribution in [2.24, 2.45) is 13.0 Å². The smallest absolute Gasteiger partial charge is 0.306 e. The van der Waals surface area contributed by atoms with Gasteiger partial charge in [0.05, 0.1) is 59.6 Å². The SMILES string of the molecule is C[C@@H]1CN([C@H]2C[C@@H](COC3CCC(C(=O)O)CC3)N(C(=O)Cc3ccc(NC(=O)c4cn(C)c5ccccc45)c(Cl)c3)C2)C[C@H](C)O1. The van der Waals surface area contributed by atoms with Crippen molar-refractivity contribution in [3.8, 4) is 0 Å². The fraction of sp³-hybridized carbons (Fsp3) is 0.528. The summed E-state index contributed by atoms with van der Waals surface area (Å²) in [7, 11) is 1.91. The van der Waals surface area contributed by atoms with Gasteiger partial charge in [0, 0.05) is 49.8 Å². The van der Waals surface area contributed by atoms with Crippen molar-refractivity contribution < 1.29 is 29.0 Å². The molecule has 47 heavy (non-hydrogen) atoms. The number of aryl methyl sites for hydroxylation is 1. The Balaban J connectivity index is 1.11. The zero-order valence-electron chi connectivity index (χ0n) is 27.4. The molecule has 1 aromatic heterocycles. The maximum atomic E-state index is 13.9. The number of nitrogens with zero attached hydrogens (tertiary/aromatic N) is 3. The first-order valence-corrected chi connectivity index (χ1v) is 17.1. The van der Waals surface area contributed by atoms with Crippen LogP contribution in [0.5, 0.6) is 0 Å². The van der Waals surface area contributed by atoms with Crippen molar-refractivity contribution in [2.45, 2.75) is 82.8 Å². The van der Waals surface area contributed by atoms with E-state index in [-0.39, 0.29) is 54.5 Å². The lowest BCUT2D eigenvalue weighted by Gasteiger charge is -2.38. The summed E-state index contributed by atoms with van der Waals surface area (Å²) in [6.07, 6.45) is 5.77. The molecular formula is C36H45ClN4O6. The number of para-hydroxylation sites is 1. The quantitative estimate of drug-likeness (QED) is 0.317. The van der Waals surface area contributed by atoms with Crippen molar-refractivity contribution in [1.82, 2.24) is 14.4 Å². The van der Waals surface area contributed by atoms with Crippen molar-refractivity contribution in [3.63, 3.8) is 0 Å². The van der Waals surface area contributed by atoms with Gasteiger partial charge in [-0.2, -0.15) is 0 Å². The highest BCUT2D eigenvalue weighted by molar-refractivity contribution is 6.34. The lowest BCUT2D eigenvalue weighted by molar-refractivity contribution is -0.144. The molecule has 0 spiro atoms. The van der Waals surface area contributed by atoms with Crippen LogP contribution >= 0.6 is 11.6 Å². The van der Waals surface area contributed by atoms with E-state index in [9.17, 15) is 19.5 Å². The number of amides is 2. The molecule has 4 atom stereocenters. The summed E-state index contributed by atoms with van der Waals surface area (Å²) in [5, 5.41) is 13.5. The highest BCUT2D eigenvalue weighted by atomic mass is 35.5. The van der Waals surface area contributed by atoms with Crippen LogP contribution in [0.1, 0.15) is 61.9 Å². The van der Waals surface area contributed by atoms with E-state index >= 15 is 0 Å². The molecule has 10 nitrogen and oxygen atoms in total. The number of anilines is 1. The summed E-state index contributed by atoms with van der Waals surface area (Å²) in [5.74, 6) is -1.26. The number of likely N-dealkylation sites (tertiary alicyclic amines) is 1. The summed E-state index contributed by atoms with van der Waals surface area (Å²) in [5.41, 5.74) is 2.79. The van der Waals surface area contributed by atoms with Crippen LogP contribution in [0.4, 0.5) is 5.69 Å². The average Bonchev–Trinajstić information content (AvgIpc) is 3.63. The number of carbonyl (C=O) groups is 3. The highest BCUT2D eigenvalue weighted by Gasteiger charge is 2.40. The Bertz CT molecular complexity index is 1610. The van der Waals surface area contributed by atoms with Crippen LogP contribution in [0.2, 0.25) is 5.02 Å². The number of aliphatic carboxylic acids is 1. The van der Waals surface area contributed by atoms with Crippen LogP contribution < -0.4 is 5.32 Å². The Hall–Kier alpha value is -3.44. The van der Waals surface area contributed by atoms with Gasteiger partial charge in [0.15, 0.2) is 0 Å². The van der Waals surface area contributed by atoms with Gasteiger partial charge in [-0.1, -0.05) is 35.9 Å². The molecule has 0 unspecified atom stereocenters. The Morgan fingerprint density at radius 2 is 1.74 bits per heavy atom. The van der Waals surface area contributed by atoms with Gasteiger partial charge >= 0.3 is 5.97 Å². The van der Waals surface area contributed by atoms with E-state index in [0.29, 0.717) is 42.3 Å². The molecule has 0 radical (unpaired) electrons. The molecule has 252 valence electrons. The minimum absolute atomic E-state index is 0.00801. The number of halogens is 1. The third-order valence-corrected chi connectivity index (χ3v) is 10.3. The third kappa shape index (κ3) is 7.67. The third-order valence-electron chi connectivity index (χ3n) is 10.0. The molecule has 2 N–H and O–H groups in total. The number of aromatic nitrogens is 1. The lowest BCUT2D eigenvalue weighted by Crippen LogP contribution is -2.51. The molecule has 3 heterocycles. The normalized spacial score (nSPS) is 26.9. The van der Waals surface area contributed by atoms with Gasteiger partial charge in [-0.15, -0.1) is 0 Å². The first-order chi connectivity index (χ1) is 22.5. The van der Waals surface area contributed by atoms with Gasteiger partial charge in [0.2, 0.25) is 5.91 Å². The van der Waals surface area contributed by atoms with Crippen LogP contribution in [0.25, 0.3) is 10.9 Å². The lowest BCUT2D eigenvalue weighted by atomic mass is 9.87. The summed E-state index contributed by atoms with van der Waals surface area (Å²) in [6, 6.07) is 13.2. The number of hydrogen-bond donors (Lipinski definition) is 2. The molecule has 2 amide bonds. The molecule has 2 saturated heterocycles. The summed E-state index contributed by atoms with van der Waals surface area (Å²) in [4.78, 5) is 42.9. The molecule has 3 aliphatic rings. The van der Waals surface area contributed by atoms with E-state index in [1.165, 1.54) is 0 Å². The second kappa shape index (κ2) is 14.4. The Morgan fingerprint density at radius 3 is 2.45 bits per heavy atom. The van der Waals surface area contributed by atoms with Gasteiger partial charge in [-0.3, -0.25) is 19.3 Å². The Labute approximate surface area is 280 Å². The fourth-order valence-corrected chi connectivity index (χ4v) is 7.87. The molecule has 2 aliphatic heterocycles. The number of rotatable bonds is 9. The average molecular weight is 665 g/mol. The molecule has 2 aromatic carbocycles. The van der Waals surface area contributed by atoms with Gasteiger partial charge in [0.25, 0.3) is 5.91 Å². The Kier molecular flexibility index (Phi) is 10.2. The number of carboxylic acids is 1. The summed E-state index contributed by atoms with van der Waals surface area (Å²) >= 11 is 6.65. The number of hydrogen-bond acceptors (Lipinski definition) is 6. The van der Waals surface area contributed by atoms with E-state index in [0.717, 1.165) is 48.8 Å². The van der Waals surface area contributed by atoms with E-state index in [1.54, 1.807) is 12.1 Å². The minimum atomic E-state index is -0.729. The molecule has 1 saturated carbocycles. The predicted octanol–water partition coefficient (Wildman–Crippen LogP) is 5.37. The fourth-order valence-electron chi connectivity index (χ4n) is 7.62. The maximum absolute atomic E-state index is 13.9. The minimum Gasteiger partial charge on any atom is -0.481 e. The van der Waals surface area contributed by atoms with Crippen molar-refractivity contribution >= 4 is 46.0 Å². The Morgan fingerprint density at radius 1 is 1.02 bits per heavy atom. The first kappa shape index (κ1) is 33.5. The van der Waals surface area contributed by atoms with Gasteiger partial charge < -0.3 is 29.4 Å². The molecule has 6 rings (SSSR count). The zero-order valence-corrected chi connectivity index (χ0v) is 28.1. The van der Waals surface area contributed by atoms with Crippen LogP contribution in [-0.4, -0.2) is 93.9 Å². The largest absolute Gasteiger partial charge is 0.481 e. The van der Waals surface area contributed by atoms with Gasteiger partial charge in [-0.25, -0.2) is 0 Å². The molecule has 11 heteroatoms. The van der Waals surface area contributed by atoms with E-state index in [2.05, 4.69) is 24.1 Å². The summed E-state index contributed by atoms with van der Waals surface area (Å²) < 4.78 is 14.2. The molecule has 3 aromatic rings. The highest BCUT2D eigenvalue weighted by Crippen LogP contribution is 2.31.